The predicted octanol–water partition coefficient (Wildman–Crippen LogP) is 3.25. The zero-order valence-corrected chi connectivity index (χ0v) is 25.4. The fourth-order valence-corrected chi connectivity index (χ4v) is 5.86. The van der Waals surface area contributed by atoms with Gasteiger partial charge in [0.1, 0.15) is 5.75 Å². The van der Waals surface area contributed by atoms with Gasteiger partial charge in [-0.05, 0) is 63.2 Å². The molecule has 2 aliphatic rings. The molecule has 11 heteroatoms. The number of carbonyl (C=O) groups excluding carboxylic acids is 3. The molecular weight excluding hydrogens is 550 g/mol. The summed E-state index contributed by atoms with van der Waals surface area (Å²) in [6.07, 6.45) is -0.168. The first-order valence-corrected chi connectivity index (χ1v) is 14.5. The quantitative estimate of drug-likeness (QED) is 0.451. The van der Waals surface area contributed by atoms with Gasteiger partial charge < -0.3 is 24.4 Å². The molecule has 2 aliphatic heterocycles. The van der Waals surface area contributed by atoms with Crippen molar-refractivity contribution in [3.63, 3.8) is 0 Å². The Bertz CT molecular complexity index is 1520. The highest BCUT2D eigenvalue weighted by atomic mass is 16.5. The number of aryl methyl sites for hydroxylation is 2. The van der Waals surface area contributed by atoms with E-state index in [1.165, 1.54) is 6.92 Å². The van der Waals surface area contributed by atoms with Gasteiger partial charge in [-0.15, -0.1) is 0 Å². The van der Waals surface area contributed by atoms with E-state index < -0.39 is 0 Å². The second-order valence-corrected chi connectivity index (χ2v) is 11.3. The number of hydrogen-bond acceptors (Lipinski definition) is 8. The molecule has 0 radical (unpaired) electrons. The summed E-state index contributed by atoms with van der Waals surface area (Å²) in [5.41, 5.74) is 3.91. The largest absolute Gasteiger partial charge is 0.493 e. The third-order valence-corrected chi connectivity index (χ3v) is 7.92. The number of Topliss-reactive ketones (excluding diaryl/α,β-unsaturated/α-hetero) is 1. The summed E-state index contributed by atoms with van der Waals surface area (Å²) >= 11 is 0. The number of benzene rings is 2. The molecule has 0 unspecified atom stereocenters. The lowest BCUT2D eigenvalue weighted by atomic mass is 10.1. The van der Waals surface area contributed by atoms with Crippen LogP contribution in [0.25, 0.3) is 0 Å². The van der Waals surface area contributed by atoms with Crippen molar-refractivity contribution in [3.8, 4) is 17.2 Å². The molecule has 1 N–H and O–H groups in total. The second kappa shape index (κ2) is 13.0. The van der Waals surface area contributed by atoms with Crippen LogP contribution >= 0.6 is 0 Å². The SMILES string of the molecule is COc1ccc2cc1Oc1cccc(c1)CO[C@H]1CN(C(=O)CCn3nc(C)c(C(C)=O)c3C)C[C@@H]1NC(=O)CN(C)C2. The Morgan fingerprint density at radius 2 is 1.91 bits per heavy atom. The van der Waals surface area contributed by atoms with Crippen LogP contribution in [0.3, 0.4) is 0 Å². The number of methoxy groups -OCH3 is 1. The number of carbonyl (C=O) groups is 3. The number of nitrogens with one attached hydrogen (secondary N) is 1. The minimum Gasteiger partial charge on any atom is -0.493 e. The number of likely N-dealkylation sites (N-methyl/N-ethyl adjacent to an activating group) is 1. The first kappa shape index (κ1) is 30.2. The van der Waals surface area contributed by atoms with Crippen molar-refractivity contribution < 1.29 is 28.6 Å². The Morgan fingerprint density at radius 3 is 2.65 bits per heavy atom. The van der Waals surface area contributed by atoms with Gasteiger partial charge >= 0.3 is 0 Å². The third kappa shape index (κ3) is 7.06. The van der Waals surface area contributed by atoms with Gasteiger partial charge in [0, 0.05) is 38.3 Å². The van der Waals surface area contributed by atoms with Crippen molar-refractivity contribution in [1.82, 2.24) is 24.9 Å². The number of amides is 2. The van der Waals surface area contributed by atoms with Crippen molar-refractivity contribution in [1.29, 1.82) is 0 Å². The van der Waals surface area contributed by atoms with E-state index in [0.717, 1.165) is 16.8 Å². The Labute approximate surface area is 251 Å². The molecule has 4 bridgehead atoms. The first-order valence-electron chi connectivity index (χ1n) is 14.5. The fraction of sp³-hybridized carbons (Fsp3) is 0.438. The number of ether oxygens (including phenoxy) is 3. The minimum atomic E-state index is -0.387. The topological polar surface area (TPSA) is 115 Å². The number of hydrogen-bond donors (Lipinski definition) is 1. The number of likely N-dealkylation sites (tertiary alicyclic amines) is 1. The van der Waals surface area contributed by atoms with Crippen LogP contribution in [0.15, 0.2) is 42.5 Å². The van der Waals surface area contributed by atoms with Crippen LogP contribution in [0.5, 0.6) is 17.2 Å². The number of nitrogens with zero attached hydrogens (tertiary/aromatic N) is 4. The van der Waals surface area contributed by atoms with Crippen molar-refractivity contribution in [2.24, 2.45) is 0 Å². The van der Waals surface area contributed by atoms with E-state index >= 15 is 0 Å². The smallest absolute Gasteiger partial charge is 0.234 e. The zero-order valence-electron chi connectivity index (χ0n) is 25.4. The molecule has 0 saturated carbocycles. The van der Waals surface area contributed by atoms with Gasteiger partial charge in [0.25, 0.3) is 0 Å². The molecule has 3 heterocycles. The van der Waals surface area contributed by atoms with Gasteiger partial charge in [-0.2, -0.15) is 5.10 Å². The standard InChI is InChI=1S/C32H39N5O6/c1-20-32(22(3)38)21(2)37(34-20)12-11-31(40)36-16-26-29(17-36)42-19-24-7-6-8-25(13-24)43-28-14-23(9-10-27(28)41-5)15-35(4)18-30(39)33-26/h6-10,13-14,26,29H,11-12,15-19H2,1-5H3,(H,33,39)/t26-,29-/m0/s1. The lowest BCUT2D eigenvalue weighted by Crippen LogP contribution is -2.47. The molecule has 43 heavy (non-hydrogen) atoms. The molecule has 2 amide bonds. The van der Waals surface area contributed by atoms with Crippen LogP contribution < -0.4 is 14.8 Å². The maximum atomic E-state index is 13.3. The van der Waals surface area contributed by atoms with Crippen molar-refractivity contribution in [2.75, 3.05) is 33.8 Å². The molecule has 5 rings (SSSR count). The van der Waals surface area contributed by atoms with Gasteiger partial charge in [0.15, 0.2) is 17.3 Å². The zero-order chi connectivity index (χ0) is 30.7. The highest BCUT2D eigenvalue weighted by Gasteiger charge is 2.37. The molecule has 2 atom stereocenters. The Morgan fingerprint density at radius 1 is 1.09 bits per heavy atom. The highest BCUT2D eigenvalue weighted by molar-refractivity contribution is 5.96. The van der Waals surface area contributed by atoms with Gasteiger partial charge in [-0.25, -0.2) is 0 Å². The summed E-state index contributed by atoms with van der Waals surface area (Å²) in [5.74, 6) is 1.61. The summed E-state index contributed by atoms with van der Waals surface area (Å²) < 4.78 is 19.8. The van der Waals surface area contributed by atoms with E-state index in [-0.39, 0.29) is 49.3 Å². The van der Waals surface area contributed by atoms with Crippen LogP contribution in [-0.2, 0) is 34.0 Å². The van der Waals surface area contributed by atoms with Crippen LogP contribution in [0.1, 0.15) is 46.2 Å². The van der Waals surface area contributed by atoms with Crippen LogP contribution in [-0.4, -0.2) is 83.1 Å². The van der Waals surface area contributed by atoms with E-state index in [1.807, 2.05) is 61.3 Å². The highest BCUT2D eigenvalue weighted by Crippen LogP contribution is 2.33. The van der Waals surface area contributed by atoms with Crippen molar-refractivity contribution in [2.45, 2.75) is 59.0 Å². The van der Waals surface area contributed by atoms with E-state index in [0.29, 0.717) is 54.7 Å². The first-order chi connectivity index (χ1) is 20.6. The van der Waals surface area contributed by atoms with Gasteiger partial charge in [-0.1, -0.05) is 18.2 Å². The predicted molar refractivity (Wildman–Crippen MR) is 159 cm³/mol. The number of rotatable bonds is 5. The summed E-state index contributed by atoms with van der Waals surface area (Å²) in [7, 11) is 3.48. The van der Waals surface area contributed by atoms with E-state index in [1.54, 1.807) is 23.6 Å². The average molecular weight is 590 g/mol. The second-order valence-electron chi connectivity index (χ2n) is 11.3. The third-order valence-electron chi connectivity index (χ3n) is 7.92. The molecule has 1 fully saturated rings. The van der Waals surface area contributed by atoms with Gasteiger partial charge in [-0.3, -0.25) is 24.0 Å². The maximum absolute atomic E-state index is 13.3. The fourth-order valence-electron chi connectivity index (χ4n) is 5.86. The van der Waals surface area contributed by atoms with Crippen LogP contribution in [0.2, 0.25) is 0 Å². The van der Waals surface area contributed by atoms with Crippen LogP contribution in [0, 0.1) is 13.8 Å². The van der Waals surface area contributed by atoms with Crippen molar-refractivity contribution in [3.05, 3.63) is 70.5 Å². The molecular formula is C32H39N5O6. The molecule has 3 aromatic rings. The minimum absolute atomic E-state index is 0.0388. The molecule has 1 saturated heterocycles. The van der Waals surface area contributed by atoms with E-state index in [9.17, 15) is 14.4 Å². The molecule has 11 nitrogen and oxygen atoms in total. The normalized spacial score (nSPS) is 19.4. The van der Waals surface area contributed by atoms with Gasteiger partial charge in [0.2, 0.25) is 11.8 Å². The summed E-state index contributed by atoms with van der Waals surface area (Å²) in [6, 6.07) is 13.0. The number of fused-ring (bicyclic) bond motifs is 5. The lowest BCUT2D eigenvalue weighted by Gasteiger charge is -2.23. The van der Waals surface area contributed by atoms with Gasteiger partial charge in [0.05, 0.1) is 43.7 Å². The maximum Gasteiger partial charge on any atom is 0.234 e. The average Bonchev–Trinajstić information content (AvgIpc) is 3.49. The van der Waals surface area contributed by atoms with Crippen LogP contribution in [0.4, 0.5) is 0 Å². The number of ketones is 1. The lowest BCUT2D eigenvalue weighted by molar-refractivity contribution is -0.131. The molecule has 0 aliphatic carbocycles. The summed E-state index contributed by atoms with van der Waals surface area (Å²) in [4.78, 5) is 42.1. The summed E-state index contributed by atoms with van der Waals surface area (Å²) in [6.45, 7) is 7.22. The van der Waals surface area contributed by atoms with Crippen molar-refractivity contribution >= 4 is 17.6 Å². The molecule has 1 aromatic heterocycles. The van der Waals surface area contributed by atoms with E-state index in [4.69, 9.17) is 14.2 Å². The van der Waals surface area contributed by atoms with E-state index in [2.05, 4.69) is 10.4 Å². The Balaban J connectivity index is 1.32. The summed E-state index contributed by atoms with van der Waals surface area (Å²) in [5, 5.41) is 7.58. The Kier molecular flexibility index (Phi) is 9.12. The molecule has 2 aromatic carbocycles. The number of aromatic nitrogens is 2. The molecule has 228 valence electrons. The Hall–Kier alpha value is -4.22. The monoisotopic (exact) mass is 589 g/mol. The molecule has 0 spiro atoms.